The number of aromatic carboxylic acids is 1. The van der Waals surface area contributed by atoms with Crippen LogP contribution < -0.4 is 0 Å². The summed E-state index contributed by atoms with van der Waals surface area (Å²) in [6.07, 6.45) is 0.708. The molecule has 0 bridgehead atoms. The average molecular weight is 277 g/mol. The average Bonchev–Trinajstić information content (AvgIpc) is 2.37. The molecule has 0 aliphatic carbocycles. The number of aromatic nitrogens is 1. The Labute approximate surface area is 115 Å². The summed E-state index contributed by atoms with van der Waals surface area (Å²) in [5, 5.41) is 19.8. The molecule has 4 nitrogen and oxygen atoms in total. The van der Waals surface area contributed by atoms with E-state index in [0.29, 0.717) is 17.3 Å². The smallest absolute Gasteiger partial charge is 0.336 e. The molecule has 1 atom stereocenters. The van der Waals surface area contributed by atoms with E-state index in [1.54, 1.807) is 30.0 Å². The number of hydrogen-bond acceptors (Lipinski definition) is 4. The molecule has 100 valence electrons. The van der Waals surface area contributed by atoms with Gasteiger partial charge in [0.2, 0.25) is 0 Å². The van der Waals surface area contributed by atoms with E-state index in [1.807, 2.05) is 19.1 Å². The molecule has 19 heavy (non-hydrogen) atoms. The third-order valence-corrected chi connectivity index (χ3v) is 3.90. The van der Waals surface area contributed by atoms with E-state index in [1.165, 1.54) is 0 Å². The van der Waals surface area contributed by atoms with Crippen LogP contribution >= 0.6 is 11.8 Å². The van der Waals surface area contributed by atoms with Gasteiger partial charge < -0.3 is 10.2 Å². The van der Waals surface area contributed by atoms with Crippen molar-refractivity contribution >= 4 is 28.6 Å². The second-order valence-electron chi connectivity index (χ2n) is 4.27. The summed E-state index contributed by atoms with van der Waals surface area (Å²) >= 11 is 1.58. The van der Waals surface area contributed by atoms with Crippen LogP contribution in [-0.4, -0.2) is 33.0 Å². The number of carboxylic acid groups (broad SMARTS) is 1. The molecule has 0 amide bonds. The molecule has 0 saturated heterocycles. The second kappa shape index (κ2) is 6.04. The fraction of sp³-hybridized carbons (Fsp3) is 0.286. The molecule has 0 aliphatic heterocycles. The first kappa shape index (κ1) is 13.8. The third kappa shape index (κ3) is 3.24. The summed E-state index contributed by atoms with van der Waals surface area (Å²) in [4.78, 5) is 15.6. The lowest BCUT2D eigenvalue weighted by molar-refractivity contribution is 0.0699. The van der Waals surface area contributed by atoms with Gasteiger partial charge >= 0.3 is 5.97 Å². The van der Waals surface area contributed by atoms with Crippen molar-refractivity contribution in [2.45, 2.75) is 23.6 Å². The van der Waals surface area contributed by atoms with Crippen molar-refractivity contribution in [3.63, 3.8) is 0 Å². The van der Waals surface area contributed by atoms with E-state index in [2.05, 4.69) is 4.98 Å². The molecule has 5 heteroatoms. The Morgan fingerprint density at radius 3 is 2.84 bits per heavy atom. The summed E-state index contributed by atoms with van der Waals surface area (Å²) in [5.74, 6) is -0.943. The van der Waals surface area contributed by atoms with E-state index in [0.717, 1.165) is 5.03 Å². The number of thioether (sulfide) groups is 1. The number of rotatable bonds is 5. The topological polar surface area (TPSA) is 70.4 Å². The van der Waals surface area contributed by atoms with Crippen LogP contribution in [0.3, 0.4) is 0 Å². The van der Waals surface area contributed by atoms with Gasteiger partial charge in [-0.3, -0.25) is 0 Å². The molecular weight excluding hydrogens is 262 g/mol. The standard InChI is InChI=1S/C14H15NO3S/c1-9(7-8-16)19-13-6-5-10-11(14(17)18)3-2-4-12(10)15-13/h2-6,9,16H,7-8H2,1H3,(H,17,18). The van der Waals surface area contributed by atoms with Crippen molar-refractivity contribution in [1.82, 2.24) is 4.98 Å². The molecular formula is C14H15NO3S. The predicted octanol–water partition coefficient (Wildman–Crippen LogP) is 2.80. The highest BCUT2D eigenvalue weighted by atomic mass is 32.2. The number of benzene rings is 1. The van der Waals surface area contributed by atoms with E-state index < -0.39 is 5.97 Å². The summed E-state index contributed by atoms with van der Waals surface area (Å²) < 4.78 is 0. The Morgan fingerprint density at radius 1 is 1.37 bits per heavy atom. The Balaban J connectivity index is 2.34. The monoisotopic (exact) mass is 277 g/mol. The number of aliphatic hydroxyl groups is 1. The fourth-order valence-electron chi connectivity index (χ4n) is 1.84. The van der Waals surface area contributed by atoms with Crippen molar-refractivity contribution in [2.24, 2.45) is 0 Å². The number of nitrogens with zero attached hydrogens (tertiary/aromatic N) is 1. The Bertz CT molecular complexity index is 600. The van der Waals surface area contributed by atoms with Crippen LogP contribution in [0.25, 0.3) is 10.9 Å². The van der Waals surface area contributed by atoms with Gasteiger partial charge in [-0.1, -0.05) is 13.0 Å². The SMILES string of the molecule is CC(CCO)Sc1ccc2c(C(=O)O)cccc2n1. The highest BCUT2D eigenvalue weighted by Crippen LogP contribution is 2.26. The van der Waals surface area contributed by atoms with E-state index in [4.69, 9.17) is 10.2 Å². The zero-order valence-electron chi connectivity index (χ0n) is 10.5. The zero-order chi connectivity index (χ0) is 13.8. The summed E-state index contributed by atoms with van der Waals surface area (Å²) in [7, 11) is 0. The Hall–Kier alpha value is -1.59. The van der Waals surface area contributed by atoms with Gasteiger partial charge in [-0.15, -0.1) is 11.8 Å². The van der Waals surface area contributed by atoms with Gasteiger partial charge in [-0.2, -0.15) is 0 Å². The van der Waals surface area contributed by atoms with Crippen molar-refractivity contribution in [1.29, 1.82) is 0 Å². The first-order valence-corrected chi connectivity index (χ1v) is 6.90. The molecule has 1 aromatic carbocycles. The lowest BCUT2D eigenvalue weighted by atomic mass is 10.1. The van der Waals surface area contributed by atoms with Gasteiger partial charge in [-0.25, -0.2) is 9.78 Å². The molecule has 0 saturated carbocycles. The highest BCUT2D eigenvalue weighted by Gasteiger charge is 2.10. The molecule has 2 N–H and O–H groups in total. The highest BCUT2D eigenvalue weighted by molar-refractivity contribution is 7.99. The van der Waals surface area contributed by atoms with Crippen molar-refractivity contribution in [2.75, 3.05) is 6.61 Å². The lowest BCUT2D eigenvalue weighted by Gasteiger charge is -2.09. The number of carbonyl (C=O) groups is 1. The molecule has 0 radical (unpaired) electrons. The largest absolute Gasteiger partial charge is 0.478 e. The molecule has 2 aromatic rings. The number of hydrogen-bond donors (Lipinski definition) is 2. The van der Waals surface area contributed by atoms with Crippen LogP contribution in [0.5, 0.6) is 0 Å². The minimum atomic E-state index is -0.943. The number of aliphatic hydroxyl groups excluding tert-OH is 1. The lowest BCUT2D eigenvalue weighted by Crippen LogP contribution is -2.01. The number of pyridine rings is 1. The quantitative estimate of drug-likeness (QED) is 0.822. The molecule has 0 fully saturated rings. The maximum absolute atomic E-state index is 11.1. The minimum absolute atomic E-state index is 0.158. The van der Waals surface area contributed by atoms with Gasteiger partial charge in [-0.05, 0) is 30.7 Å². The van der Waals surface area contributed by atoms with E-state index in [9.17, 15) is 4.79 Å². The number of fused-ring (bicyclic) bond motifs is 1. The zero-order valence-corrected chi connectivity index (χ0v) is 11.4. The summed E-state index contributed by atoms with van der Waals surface area (Å²) in [6.45, 7) is 2.19. The van der Waals surface area contributed by atoms with Gasteiger partial charge in [0.25, 0.3) is 0 Å². The van der Waals surface area contributed by atoms with Crippen LogP contribution in [0.2, 0.25) is 0 Å². The minimum Gasteiger partial charge on any atom is -0.478 e. The summed E-state index contributed by atoms with van der Waals surface area (Å²) in [6, 6.07) is 8.70. The Morgan fingerprint density at radius 2 is 2.16 bits per heavy atom. The van der Waals surface area contributed by atoms with Crippen LogP contribution in [0, 0.1) is 0 Å². The van der Waals surface area contributed by atoms with E-state index in [-0.39, 0.29) is 17.4 Å². The first-order valence-electron chi connectivity index (χ1n) is 6.02. The number of carboxylic acids is 1. The van der Waals surface area contributed by atoms with Gasteiger partial charge in [0.1, 0.15) is 0 Å². The van der Waals surface area contributed by atoms with Gasteiger partial charge in [0.15, 0.2) is 0 Å². The third-order valence-electron chi connectivity index (χ3n) is 2.79. The summed E-state index contributed by atoms with van der Waals surface area (Å²) in [5.41, 5.74) is 0.950. The van der Waals surface area contributed by atoms with Gasteiger partial charge in [0.05, 0.1) is 16.1 Å². The van der Waals surface area contributed by atoms with Crippen molar-refractivity contribution in [3.8, 4) is 0 Å². The second-order valence-corrected chi connectivity index (χ2v) is 5.73. The van der Waals surface area contributed by atoms with Gasteiger partial charge in [0, 0.05) is 17.2 Å². The Kier molecular flexibility index (Phi) is 4.39. The molecule has 1 unspecified atom stereocenters. The van der Waals surface area contributed by atoms with E-state index >= 15 is 0 Å². The van der Waals surface area contributed by atoms with Crippen LogP contribution in [0.15, 0.2) is 35.4 Å². The fourth-order valence-corrected chi connectivity index (χ4v) is 2.77. The molecule has 1 heterocycles. The van der Waals surface area contributed by atoms with Crippen LogP contribution in [-0.2, 0) is 0 Å². The van der Waals surface area contributed by atoms with Crippen molar-refractivity contribution in [3.05, 3.63) is 35.9 Å². The maximum atomic E-state index is 11.1. The molecule has 1 aromatic heterocycles. The predicted molar refractivity (Wildman–Crippen MR) is 75.7 cm³/mol. The van der Waals surface area contributed by atoms with Crippen LogP contribution in [0.1, 0.15) is 23.7 Å². The first-order chi connectivity index (χ1) is 9.11. The van der Waals surface area contributed by atoms with Crippen LogP contribution in [0.4, 0.5) is 0 Å². The normalized spacial score (nSPS) is 12.5. The molecule has 0 aliphatic rings. The molecule has 0 spiro atoms. The van der Waals surface area contributed by atoms with Crippen molar-refractivity contribution < 1.29 is 15.0 Å². The maximum Gasteiger partial charge on any atom is 0.336 e. The molecule has 2 rings (SSSR count).